The van der Waals surface area contributed by atoms with Crippen LogP contribution in [0.4, 0.5) is 0 Å². The van der Waals surface area contributed by atoms with Gasteiger partial charge in [0, 0.05) is 18.0 Å². The summed E-state index contributed by atoms with van der Waals surface area (Å²) in [6.45, 7) is 1.08. The predicted octanol–water partition coefficient (Wildman–Crippen LogP) is 2.30. The number of ether oxygens (including phenoxy) is 1. The zero-order chi connectivity index (χ0) is 13.2. The molecule has 0 amide bonds. The van der Waals surface area contributed by atoms with Crippen molar-refractivity contribution in [2.24, 2.45) is 5.41 Å². The van der Waals surface area contributed by atoms with E-state index in [0.717, 1.165) is 12.3 Å². The number of nitrogens with zero attached hydrogens (tertiary/aromatic N) is 1. The first kappa shape index (κ1) is 13.4. The van der Waals surface area contributed by atoms with Gasteiger partial charge < -0.3 is 15.0 Å². The van der Waals surface area contributed by atoms with Gasteiger partial charge in [-0.15, -0.1) is 0 Å². The van der Waals surface area contributed by atoms with Crippen LogP contribution in [0.15, 0.2) is 24.3 Å². The summed E-state index contributed by atoms with van der Waals surface area (Å²) in [5.41, 5.74) is 1.75. The lowest BCUT2D eigenvalue weighted by Gasteiger charge is -2.33. The largest absolute Gasteiger partial charge is 0.497 e. The monoisotopic (exact) mass is 248 g/mol. The number of hydrogen-bond donors (Lipinski definition) is 1. The van der Waals surface area contributed by atoms with Gasteiger partial charge in [-0.3, -0.25) is 0 Å². The standard InChI is InChI=1S/C15H24N2O/c1-16-11-15(8-9-15)14(17(2)3)12-6-5-7-13(10-12)18-4/h5-7,10,14,16H,8-9,11H2,1-4H3. The summed E-state index contributed by atoms with van der Waals surface area (Å²) in [5.74, 6) is 0.944. The van der Waals surface area contributed by atoms with Crippen molar-refractivity contribution in [2.45, 2.75) is 18.9 Å². The third-order valence-electron chi connectivity index (χ3n) is 3.93. The minimum atomic E-state index is 0.393. The highest BCUT2D eigenvalue weighted by Crippen LogP contribution is 2.56. The zero-order valence-corrected chi connectivity index (χ0v) is 11.9. The van der Waals surface area contributed by atoms with Crippen LogP contribution in [0.3, 0.4) is 0 Å². The molecule has 0 aliphatic heterocycles. The second-order valence-corrected chi connectivity index (χ2v) is 5.54. The van der Waals surface area contributed by atoms with Gasteiger partial charge >= 0.3 is 0 Å². The maximum Gasteiger partial charge on any atom is 0.119 e. The predicted molar refractivity (Wildman–Crippen MR) is 75.0 cm³/mol. The van der Waals surface area contributed by atoms with Crippen molar-refractivity contribution >= 4 is 0 Å². The number of rotatable bonds is 6. The molecular formula is C15H24N2O. The molecule has 0 spiro atoms. The van der Waals surface area contributed by atoms with E-state index in [1.165, 1.54) is 18.4 Å². The lowest BCUT2D eigenvalue weighted by Crippen LogP contribution is -2.34. The minimum absolute atomic E-state index is 0.393. The first-order chi connectivity index (χ1) is 8.63. The lowest BCUT2D eigenvalue weighted by molar-refractivity contribution is 0.191. The van der Waals surface area contributed by atoms with E-state index >= 15 is 0 Å². The molecule has 1 aliphatic carbocycles. The second kappa shape index (κ2) is 5.29. The van der Waals surface area contributed by atoms with E-state index in [1.54, 1.807) is 7.11 Å². The first-order valence-electron chi connectivity index (χ1n) is 6.58. The van der Waals surface area contributed by atoms with E-state index in [0.29, 0.717) is 11.5 Å². The molecule has 0 radical (unpaired) electrons. The average Bonchev–Trinajstić information content (AvgIpc) is 3.10. The summed E-state index contributed by atoms with van der Waals surface area (Å²) in [5, 5.41) is 3.35. The van der Waals surface area contributed by atoms with Crippen molar-refractivity contribution in [1.29, 1.82) is 0 Å². The van der Waals surface area contributed by atoms with Gasteiger partial charge in [0.1, 0.15) is 5.75 Å². The van der Waals surface area contributed by atoms with Crippen LogP contribution in [0, 0.1) is 5.41 Å². The molecule has 100 valence electrons. The zero-order valence-electron chi connectivity index (χ0n) is 11.9. The number of methoxy groups -OCH3 is 1. The Balaban J connectivity index is 2.30. The fraction of sp³-hybridized carbons (Fsp3) is 0.600. The average molecular weight is 248 g/mol. The molecular weight excluding hydrogens is 224 g/mol. The van der Waals surface area contributed by atoms with Crippen molar-refractivity contribution < 1.29 is 4.74 Å². The Kier molecular flexibility index (Phi) is 3.93. The maximum absolute atomic E-state index is 5.34. The van der Waals surface area contributed by atoms with Crippen LogP contribution in [0.5, 0.6) is 5.75 Å². The topological polar surface area (TPSA) is 24.5 Å². The highest BCUT2D eigenvalue weighted by molar-refractivity contribution is 5.33. The molecule has 1 saturated carbocycles. The van der Waals surface area contributed by atoms with Crippen LogP contribution in [0.1, 0.15) is 24.4 Å². The van der Waals surface area contributed by atoms with Crippen LogP contribution in [0.25, 0.3) is 0 Å². The van der Waals surface area contributed by atoms with Gasteiger partial charge in [0.15, 0.2) is 0 Å². The molecule has 1 aromatic carbocycles. The summed E-state index contributed by atoms with van der Waals surface area (Å²) < 4.78 is 5.34. The molecule has 3 heteroatoms. The molecule has 18 heavy (non-hydrogen) atoms. The summed E-state index contributed by atoms with van der Waals surface area (Å²) >= 11 is 0. The highest BCUT2D eigenvalue weighted by Gasteiger charge is 2.50. The van der Waals surface area contributed by atoms with Gasteiger partial charge in [0.2, 0.25) is 0 Å². The summed E-state index contributed by atoms with van der Waals surface area (Å²) in [7, 11) is 8.10. The van der Waals surface area contributed by atoms with Gasteiger partial charge in [-0.05, 0) is 51.7 Å². The Bertz CT molecular complexity index is 399. The van der Waals surface area contributed by atoms with Crippen LogP contribution < -0.4 is 10.1 Å². The second-order valence-electron chi connectivity index (χ2n) is 5.54. The van der Waals surface area contributed by atoms with E-state index in [9.17, 15) is 0 Å². The minimum Gasteiger partial charge on any atom is -0.497 e. The molecule has 1 N–H and O–H groups in total. The Hall–Kier alpha value is -1.06. The van der Waals surface area contributed by atoms with Crippen LogP contribution in [-0.4, -0.2) is 39.7 Å². The molecule has 0 heterocycles. The highest BCUT2D eigenvalue weighted by atomic mass is 16.5. The first-order valence-corrected chi connectivity index (χ1v) is 6.58. The quantitative estimate of drug-likeness (QED) is 0.836. The van der Waals surface area contributed by atoms with Gasteiger partial charge in [-0.2, -0.15) is 0 Å². The summed E-state index contributed by atoms with van der Waals surface area (Å²) in [6.07, 6.45) is 2.60. The molecule has 1 unspecified atom stereocenters. The summed E-state index contributed by atoms with van der Waals surface area (Å²) in [4.78, 5) is 2.33. The molecule has 2 rings (SSSR count). The van der Waals surface area contributed by atoms with Crippen molar-refractivity contribution in [3.05, 3.63) is 29.8 Å². The van der Waals surface area contributed by atoms with E-state index < -0.39 is 0 Å². The molecule has 0 bridgehead atoms. The van der Waals surface area contributed by atoms with E-state index in [1.807, 2.05) is 13.1 Å². The van der Waals surface area contributed by atoms with E-state index in [-0.39, 0.29) is 0 Å². The third-order valence-corrected chi connectivity index (χ3v) is 3.93. The smallest absolute Gasteiger partial charge is 0.119 e. The Morgan fingerprint density at radius 3 is 2.61 bits per heavy atom. The van der Waals surface area contributed by atoms with Crippen molar-refractivity contribution in [2.75, 3.05) is 34.8 Å². The van der Waals surface area contributed by atoms with Gasteiger partial charge in [-0.1, -0.05) is 12.1 Å². The summed E-state index contributed by atoms with van der Waals surface area (Å²) in [6, 6.07) is 8.93. The fourth-order valence-electron chi connectivity index (χ4n) is 3.07. The normalized spacial score (nSPS) is 18.7. The molecule has 1 atom stereocenters. The van der Waals surface area contributed by atoms with E-state index in [4.69, 9.17) is 4.74 Å². The van der Waals surface area contributed by atoms with Gasteiger partial charge in [0.05, 0.1) is 7.11 Å². The SMILES string of the molecule is CNCC1(C(c2cccc(OC)c2)N(C)C)CC1. The van der Waals surface area contributed by atoms with E-state index in [2.05, 4.69) is 42.5 Å². The molecule has 1 aliphatic rings. The number of hydrogen-bond acceptors (Lipinski definition) is 3. The Morgan fingerprint density at radius 1 is 1.39 bits per heavy atom. The van der Waals surface area contributed by atoms with Crippen LogP contribution in [0.2, 0.25) is 0 Å². The van der Waals surface area contributed by atoms with Gasteiger partial charge in [-0.25, -0.2) is 0 Å². The Morgan fingerprint density at radius 2 is 2.11 bits per heavy atom. The number of benzene rings is 1. The molecule has 3 nitrogen and oxygen atoms in total. The Labute approximate surface area is 110 Å². The van der Waals surface area contributed by atoms with Gasteiger partial charge in [0.25, 0.3) is 0 Å². The molecule has 0 aromatic heterocycles. The molecule has 0 saturated heterocycles. The van der Waals surface area contributed by atoms with Crippen LogP contribution in [-0.2, 0) is 0 Å². The van der Waals surface area contributed by atoms with Crippen molar-refractivity contribution in [3.63, 3.8) is 0 Å². The van der Waals surface area contributed by atoms with Crippen molar-refractivity contribution in [3.8, 4) is 5.75 Å². The van der Waals surface area contributed by atoms with Crippen LogP contribution >= 0.6 is 0 Å². The maximum atomic E-state index is 5.34. The fourth-order valence-corrected chi connectivity index (χ4v) is 3.07. The third kappa shape index (κ3) is 2.52. The molecule has 1 aromatic rings. The molecule has 1 fully saturated rings. The number of nitrogens with one attached hydrogen (secondary N) is 1. The lowest BCUT2D eigenvalue weighted by atomic mass is 9.89. The van der Waals surface area contributed by atoms with Crippen molar-refractivity contribution in [1.82, 2.24) is 10.2 Å².